The Morgan fingerprint density at radius 1 is 1.12 bits per heavy atom. The second-order valence-corrected chi connectivity index (χ2v) is 6.72. The lowest BCUT2D eigenvalue weighted by atomic mass is 9.85. The number of phenols is 1. The Hall–Kier alpha value is -2.69. The maximum absolute atomic E-state index is 11.9. The molecule has 2 amide bonds. The number of urea groups is 1. The highest BCUT2D eigenvalue weighted by Crippen LogP contribution is 2.31. The van der Waals surface area contributed by atoms with Crippen LogP contribution in [0, 0.1) is 6.92 Å². The molecule has 0 radical (unpaired) electrons. The third-order valence-electron chi connectivity index (χ3n) is 3.53. The first-order chi connectivity index (χ1) is 11.3. The molecule has 0 aliphatic carbocycles. The smallest absolute Gasteiger partial charge is 0.321 e. The summed E-state index contributed by atoms with van der Waals surface area (Å²) in [6.45, 7) is 8.48. The van der Waals surface area contributed by atoms with Crippen LogP contribution in [0.3, 0.4) is 0 Å². The van der Waals surface area contributed by atoms with Crippen LogP contribution in [0.15, 0.2) is 42.5 Å². The lowest BCUT2D eigenvalue weighted by Gasteiger charge is -2.23. The van der Waals surface area contributed by atoms with Crippen LogP contribution in [0.4, 0.5) is 10.5 Å². The van der Waals surface area contributed by atoms with E-state index in [4.69, 9.17) is 4.74 Å². The molecule has 0 aliphatic rings. The average Bonchev–Trinajstić information content (AvgIpc) is 2.50. The van der Waals surface area contributed by atoms with Gasteiger partial charge in [0, 0.05) is 5.69 Å². The van der Waals surface area contributed by atoms with Crippen LogP contribution in [-0.4, -0.2) is 17.9 Å². The Balaban J connectivity index is 1.92. The Morgan fingerprint density at radius 3 is 2.42 bits per heavy atom. The second-order valence-electron chi connectivity index (χ2n) is 6.72. The summed E-state index contributed by atoms with van der Waals surface area (Å²) in [5.41, 5.74) is 2.82. The van der Waals surface area contributed by atoms with Crippen molar-refractivity contribution in [1.82, 2.24) is 5.32 Å². The van der Waals surface area contributed by atoms with E-state index in [0.29, 0.717) is 5.69 Å². The lowest BCUT2D eigenvalue weighted by molar-refractivity contribution is 0.233. The summed E-state index contributed by atoms with van der Waals surface area (Å²) in [7, 11) is 0. The zero-order valence-electron chi connectivity index (χ0n) is 14.5. The van der Waals surface area contributed by atoms with Crippen molar-refractivity contribution in [2.24, 2.45) is 0 Å². The molecule has 0 saturated carbocycles. The monoisotopic (exact) mass is 328 g/mol. The standard InChI is InChI=1S/C19H24N2O3/c1-13-5-10-17(16(11-13)19(2,3)4)24-12-20-18(23)21-14-6-8-15(22)9-7-14/h5-11,22H,12H2,1-4H3,(H2,20,21,23). The van der Waals surface area contributed by atoms with Crippen LogP contribution in [0.1, 0.15) is 31.9 Å². The summed E-state index contributed by atoms with van der Waals surface area (Å²) < 4.78 is 5.73. The number of hydrogen-bond donors (Lipinski definition) is 3. The number of carbonyl (C=O) groups is 1. The minimum atomic E-state index is -0.370. The molecule has 128 valence electrons. The number of hydrogen-bond acceptors (Lipinski definition) is 3. The quantitative estimate of drug-likeness (QED) is 0.583. The molecule has 5 heteroatoms. The lowest BCUT2D eigenvalue weighted by Crippen LogP contribution is -2.32. The molecule has 0 unspecified atom stereocenters. The molecule has 0 aromatic heterocycles. The van der Waals surface area contributed by atoms with Crippen LogP contribution < -0.4 is 15.4 Å². The van der Waals surface area contributed by atoms with Gasteiger partial charge in [-0.05, 0) is 48.2 Å². The van der Waals surface area contributed by atoms with E-state index < -0.39 is 0 Å². The van der Waals surface area contributed by atoms with E-state index in [-0.39, 0.29) is 23.9 Å². The van der Waals surface area contributed by atoms with Gasteiger partial charge in [-0.1, -0.05) is 38.5 Å². The van der Waals surface area contributed by atoms with E-state index in [1.807, 2.05) is 19.1 Å². The number of ether oxygens (including phenoxy) is 1. The zero-order chi connectivity index (χ0) is 17.7. The van der Waals surface area contributed by atoms with Crippen molar-refractivity contribution < 1.29 is 14.6 Å². The van der Waals surface area contributed by atoms with Crippen molar-refractivity contribution in [2.75, 3.05) is 12.0 Å². The summed E-state index contributed by atoms with van der Waals surface area (Å²) in [6, 6.07) is 11.9. The third kappa shape index (κ3) is 4.91. The molecule has 0 bridgehead atoms. The number of aromatic hydroxyl groups is 1. The summed E-state index contributed by atoms with van der Waals surface area (Å²) in [5.74, 6) is 0.913. The molecule has 2 aromatic carbocycles. The largest absolute Gasteiger partial charge is 0.508 e. The number of phenolic OH excluding ortho intramolecular Hbond substituents is 1. The number of carbonyl (C=O) groups excluding carboxylic acids is 1. The van der Waals surface area contributed by atoms with Gasteiger partial charge in [-0.3, -0.25) is 0 Å². The number of benzene rings is 2. The molecule has 3 N–H and O–H groups in total. The molecule has 24 heavy (non-hydrogen) atoms. The fourth-order valence-electron chi connectivity index (χ4n) is 2.26. The first kappa shape index (κ1) is 17.7. The van der Waals surface area contributed by atoms with Crippen molar-refractivity contribution in [2.45, 2.75) is 33.1 Å². The van der Waals surface area contributed by atoms with E-state index in [9.17, 15) is 9.90 Å². The molecule has 5 nitrogen and oxygen atoms in total. The van der Waals surface area contributed by atoms with Crippen LogP contribution in [0.25, 0.3) is 0 Å². The average molecular weight is 328 g/mol. The van der Waals surface area contributed by atoms with Gasteiger partial charge in [-0.2, -0.15) is 0 Å². The molecule has 2 aromatic rings. The van der Waals surface area contributed by atoms with Gasteiger partial charge in [0.25, 0.3) is 0 Å². The van der Waals surface area contributed by atoms with Gasteiger partial charge in [0.05, 0.1) is 0 Å². The van der Waals surface area contributed by atoms with E-state index in [2.05, 4.69) is 37.5 Å². The fourth-order valence-corrected chi connectivity index (χ4v) is 2.26. The van der Waals surface area contributed by atoms with E-state index in [1.54, 1.807) is 12.1 Å². The van der Waals surface area contributed by atoms with Crippen molar-refractivity contribution in [3.05, 3.63) is 53.6 Å². The Labute approximate surface area is 142 Å². The highest BCUT2D eigenvalue weighted by molar-refractivity contribution is 5.89. The number of nitrogens with one attached hydrogen (secondary N) is 2. The molecule has 0 aliphatic heterocycles. The van der Waals surface area contributed by atoms with Crippen LogP contribution in [0.5, 0.6) is 11.5 Å². The summed E-state index contributed by atoms with van der Waals surface area (Å²) in [4.78, 5) is 11.9. The maximum Gasteiger partial charge on any atom is 0.321 e. The van der Waals surface area contributed by atoms with Gasteiger partial charge in [0.1, 0.15) is 11.5 Å². The summed E-state index contributed by atoms with van der Waals surface area (Å²) >= 11 is 0. The minimum Gasteiger partial charge on any atom is -0.508 e. The van der Waals surface area contributed by atoms with Crippen LogP contribution in [0.2, 0.25) is 0 Å². The van der Waals surface area contributed by atoms with Crippen LogP contribution >= 0.6 is 0 Å². The first-order valence-corrected chi connectivity index (χ1v) is 7.83. The third-order valence-corrected chi connectivity index (χ3v) is 3.53. The Bertz CT molecular complexity index is 704. The molecule has 2 rings (SSSR count). The van der Waals surface area contributed by atoms with Gasteiger partial charge >= 0.3 is 6.03 Å². The SMILES string of the molecule is Cc1ccc(OCNC(=O)Nc2ccc(O)cc2)c(C(C)(C)C)c1. The van der Waals surface area contributed by atoms with Crippen molar-refractivity contribution >= 4 is 11.7 Å². The van der Waals surface area contributed by atoms with Gasteiger partial charge in [-0.25, -0.2) is 4.79 Å². The van der Waals surface area contributed by atoms with Gasteiger partial charge in [0.15, 0.2) is 6.73 Å². The van der Waals surface area contributed by atoms with Crippen molar-refractivity contribution in [1.29, 1.82) is 0 Å². The molecule has 0 fully saturated rings. The minimum absolute atomic E-state index is 0.0460. The van der Waals surface area contributed by atoms with Crippen molar-refractivity contribution in [3.63, 3.8) is 0 Å². The normalized spacial score (nSPS) is 11.0. The Kier molecular flexibility index (Phi) is 5.34. The number of rotatable bonds is 4. The maximum atomic E-state index is 11.9. The number of aryl methyl sites for hydroxylation is 1. The molecular formula is C19H24N2O3. The highest BCUT2D eigenvalue weighted by atomic mass is 16.5. The van der Waals surface area contributed by atoms with Gasteiger partial charge in [-0.15, -0.1) is 0 Å². The molecule has 0 spiro atoms. The van der Waals surface area contributed by atoms with E-state index in [0.717, 1.165) is 11.3 Å². The second kappa shape index (κ2) is 7.25. The molecular weight excluding hydrogens is 304 g/mol. The highest BCUT2D eigenvalue weighted by Gasteiger charge is 2.19. The van der Waals surface area contributed by atoms with Gasteiger partial charge < -0.3 is 20.5 Å². The predicted molar refractivity (Wildman–Crippen MR) is 95.6 cm³/mol. The fraction of sp³-hybridized carbons (Fsp3) is 0.316. The molecule has 0 saturated heterocycles. The van der Waals surface area contributed by atoms with Crippen LogP contribution in [-0.2, 0) is 5.41 Å². The predicted octanol–water partition coefficient (Wildman–Crippen LogP) is 4.16. The number of amides is 2. The molecule has 0 atom stereocenters. The Morgan fingerprint density at radius 2 is 1.79 bits per heavy atom. The molecule has 0 heterocycles. The summed E-state index contributed by atoms with van der Waals surface area (Å²) in [5, 5.41) is 14.5. The van der Waals surface area contributed by atoms with E-state index >= 15 is 0 Å². The van der Waals surface area contributed by atoms with E-state index in [1.165, 1.54) is 17.7 Å². The zero-order valence-corrected chi connectivity index (χ0v) is 14.5. The van der Waals surface area contributed by atoms with Gasteiger partial charge in [0.2, 0.25) is 0 Å². The topological polar surface area (TPSA) is 70.6 Å². The first-order valence-electron chi connectivity index (χ1n) is 7.83. The van der Waals surface area contributed by atoms with Crippen molar-refractivity contribution in [3.8, 4) is 11.5 Å². The number of anilines is 1. The summed E-state index contributed by atoms with van der Waals surface area (Å²) in [6.07, 6.45) is 0.